The summed E-state index contributed by atoms with van der Waals surface area (Å²) in [7, 11) is 3.06. The molecule has 0 saturated heterocycles. The van der Waals surface area contributed by atoms with E-state index in [1.165, 1.54) is 23.8 Å². The lowest BCUT2D eigenvalue weighted by molar-refractivity contribution is 0.332. The maximum absolute atomic E-state index is 10.2. The molecule has 0 spiro atoms. The molecular weight excluding hydrogens is 376 g/mol. The fourth-order valence-electron chi connectivity index (χ4n) is 3.60. The molecule has 4 rings (SSSR count). The van der Waals surface area contributed by atoms with Crippen LogP contribution in [0.5, 0.6) is 17.2 Å². The summed E-state index contributed by atoms with van der Waals surface area (Å²) in [5.41, 5.74) is 6.66. The molecule has 0 fully saturated rings. The standard InChI is InChI=1S/C25H24N2O3/c1-29-24-11-17(10-23(28)25(24)30-2)13-26-15-21-16-27-14-20-9-8-19(12-22(20)21)18-6-4-3-5-7-18/h3-12,14-15,26,28H,13,16H2,1-2H3/b21-15+. The Balaban J connectivity index is 1.56. The Morgan fingerprint density at radius 1 is 1.00 bits per heavy atom. The zero-order valence-corrected chi connectivity index (χ0v) is 17.1. The molecule has 1 aliphatic rings. The van der Waals surface area contributed by atoms with Crippen LogP contribution in [0.15, 0.2) is 71.9 Å². The van der Waals surface area contributed by atoms with Crippen LogP contribution in [0.2, 0.25) is 0 Å². The van der Waals surface area contributed by atoms with E-state index in [1.54, 1.807) is 13.2 Å². The topological polar surface area (TPSA) is 63.1 Å². The summed E-state index contributed by atoms with van der Waals surface area (Å²) in [4.78, 5) is 4.48. The van der Waals surface area contributed by atoms with E-state index in [0.29, 0.717) is 24.6 Å². The number of phenolic OH excluding ortho intramolecular Hbond substituents is 1. The molecular formula is C25H24N2O3. The third-order valence-electron chi connectivity index (χ3n) is 5.10. The van der Waals surface area contributed by atoms with Crippen LogP contribution < -0.4 is 14.8 Å². The van der Waals surface area contributed by atoms with Gasteiger partial charge in [-0.25, -0.2) is 0 Å². The summed E-state index contributed by atoms with van der Waals surface area (Å²) in [6.07, 6.45) is 3.92. The summed E-state index contributed by atoms with van der Waals surface area (Å²) < 4.78 is 10.5. The first-order valence-electron chi connectivity index (χ1n) is 9.75. The molecule has 3 aromatic rings. The van der Waals surface area contributed by atoms with Crippen molar-refractivity contribution >= 4 is 11.8 Å². The van der Waals surface area contributed by atoms with E-state index in [-0.39, 0.29) is 5.75 Å². The SMILES string of the molecule is COc1cc(CN/C=C2\CN=Cc3ccc(-c4ccccc4)cc32)cc(O)c1OC. The molecule has 0 bridgehead atoms. The highest BCUT2D eigenvalue weighted by Crippen LogP contribution is 2.37. The van der Waals surface area contributed by atoms with Crippen LogP contribution in [0, 0.1) is 0 Å². The Kier molecular flexibility index (Phi) is 5.70. The number of fused-ring (bicyclic) bond motifs is 1. The summed E-state index contributed by atoms with van der Waals surface area (Å²) in [6, 6.07) is 20.3. The molecule has 5 nitrogen and oxygen atoms in total. The van der Waals surface area contributed by atoms with E-state index < -0.39 is 0 Å². The molecule has 1 heterocycles. The predicted octanol–water partition coefficient (Wildman–Crippen LogP) is 4.64. The Morgan fingerprint density at radius 2 is 1.83 bits per heavy atom. The number of aromatic hydroxyl groups is 1. The summed E-state index contributed by atoms with van der Waals surface area (Å²) in [6.45, 7) is 1.16. The highest BCUT2D eigenvalue weighted by molar-refractivity contribution is 5.93. The first-order valence-corrected chi connectivity index (χ1v) is 9.75. The summed E-state index contributed by atoms with van der Waals surface area (Å²) in [5, 5.41) is 13.5. The van der Waals surface area contributed by atoms with Gasteiger partial charge in [-0.05, 0) is 51.6 Å². The van der Waals surface area contributed by atoms with Crippen molar-refractivity contribution in [1.29, 1.82) is 0 Å². The van der Waals surface area contributed by atoms with Crippen molar-refractivity contribution in [1.82, 2.24) is 5.32 Å². The predicted molar refractivity (Wildman–Crippen MR) is 120 cm³/mol. The molecule has 0 saturated carbocycles. The minimum absolute atomic E-state index is 0.0569. The van der Waals surface area contributed by atoms with Gasteiger partial charge in [-0.1, -0.05) is 42.5 Å². The number of benzene rings is 3. The van der Waals surface area contributed by atoms with E-state index in [4.69, 9.17) is 9.47 Å². The molecule has 2 N–H and O–H groups in total. The molecule has 5 heteroatoms. The van der Waals surface area contributed by atoms with E-state index in [9.17, 15) is 5.11 Å². The number of rotatable bonds is 6. The van der Waals surface area contributed by atoms with Gasteiger partial charge >= 0.3 is 0 Å². The van der Waals surface area contributed by atoms with Gasteiger partial charge in [0.15, 0.2) is 11.5 Å². The van der Waals surface area contributed by atoms with Crippen molar-refractivity contribution in [2.24, 2.45) is 4.99 Å². The molecule has 152 valence electrons. The fraction of sp³-hybridized carbons (Fsp3) is 0.160. The fourth-order valence-corrected chi connectivity index (χ4v) is 3.60. The van der Waals surface area contributed by atoms with Gasteiger partial charge in [0.05, 0.1) is 20.8 Å². The number of aliphatic imine (C=N–C) groups is 1. The Hall–Kier alpha value is -3.73. The molecule has 1 aliphatic heterocycles. The van der Waals surface area contributed by atoms with Gasteiger partial charge in [0.25, 0.3) is 0 Å². The van der Waals surface area contributed by atoms with Gasteiger partial charge in [-0.15, -0.1) is 0 Å². The Bertz CT molecular complexity index is 1100. The van der Waals surface area contributed by atoms with Crippen molar-refractivity contribution in [2.45, 2.75) is 6.54 Å². The van der Waals surface area contributed by atoms with Gasteiger partial charge < -0.3 is 19.9 Å². The number of hydrogen-bond acceptors (Lipinski definition) is 5. The van der Waals surface area contributed by atoms with Gasteiger partial charge in [0.2, 0.25) is 5.75 Å². The maximum Gasteiger partial charge on any atom is 0.203 e. The lowest BCUT2D eigenvalue weighted by Gasteiger charge is -2.16. The van der Waals surface area contributed by atoms with Crippen LogP contribution in [0.25, 0.3) is 16.7 Å². The van der Waals surface area contributed by atoms with Crippen molar-refractivity contribution in [3.05, 3.63) is 83.6 Å². The van der Waals surface area contributed by atoms with Crippen LogP contribution >= 0.6 is 0 Å². The van der Waals surface area contributed by atoms with Crippen molar-refractivity contribution in [3.8, 4) is 28.4 Å². The van der Waals surface area contributed by atoms with Crippen molar-refractivity contribution < 1.29 is 14.6 Å². The monoisotopic (exact) mass is 400 g/mol. The van der Waals surface area contributed by atoms with E-state index in [0.717, 1.165) is 16.7 Å². The van der Waals surface area contributed by atoms with Crippen LogP contribution in [0.1, 0.15) is 16.7 Å². The quantitative estimate of drug-likeness (QED) is 0.633. The second-order valence-corrected chi connectivity index (χ2v) is 7.04. The average molecular weight is 400 g/mol. The zero-order valence-electron chi connectivity index (χ0n) is 17.1. The molecule has 0 aromatic heterocycles. The third kappa shape index (κ3) is 4.01. The van der Waals surface area contributed by atoms with Gasteiger partial charge in [0, 0.05) is 19.0 Å². The second-order valence-electron chi connectivity index (χ2n) is 7.04. The van der Waals surface area contributed by atoms with Gasteiger partial charge in [0.1, 0.15) is 0 Å². The lowest BCUT2D eigenvalue weighted by atomic mass is 9.94. The molecule has 30 heavy (non-hydrogen) atoms. The van der Waals surface area contributed by atoms with E-state index in [2.05, 4.69) is 40.6 Å². The van der Waals surface area contributed by atoms with Crippen molar-refractivity contribution in [2.75, 3.05) is 20.8 Å². The Morgan fingerprint density at radius 3 is 2.60 bits per heavy atom. The molecule has 0 radical (unpaired) electrons. The number of nitrogens with zero attached hydrogens (tertiary/aromatic N) is 1. The molecule has 0 amide bonds. The largest absolute Gasteiger partial charge is 0.504 e. The molecule has 0 aliphatic carbocycles. The third-order valence-corrected chi connectivity index (χ3v) is 5.10. The van der Waals surface area contributed by atoms with Crippen LogP contribution in [-0.4, -0.2) is 32.1 Å². The van der Waals surface area contributed by atoms with Crippen molar-refractivity contribution in [3.63, 3.8) is 0 Å². The first kappa shape index (κ1) is 19.6. The van der Waals surface area contributed by atoms with Gasteiger partial charge in [-0.3, -0.25) is 4.99 Å². The number of phenols is 1. The first-order chi connectivity index (χ1) is 14.7. The number of hydrogen-bond donors (Lipinski definition) is 2. The van der Waals surface area contributed by atoms with E-state index >= 15 is 0 Å². The Labute approximate surface area is 176 Å². The van der Waals surface area contributed by atoms with Crippen LogP contribution in [0.3, 0.4) is 0 Å². The molecule has 3 aromatic carbocycles. The number of methoxy groups -OCH3 is 2. The highest BCUT2D eigenvalue weighted by Gasteiger charge is 2.13. The van der Waals surface area contributed by atoms with E-state index in [1.807, 2.05) is 36.7 Å². The maximum atomic E-state index is 10.2. The minimum Gasteiger partial charge on any atom is -0.504 e. The summed E-state index contributed by atoms with van der Waals surface area (Å²) >= 11 is 0. The zero-order chi connectivity index (χ0) is 20.9. The molecule has 0 unspecified atom stereocenters. The van der Waals surface area contributed by atoms with Crippen LogP contribution in [-0.2, 0) is 6.54 Å². The smallest absolute Gasteiger partial charge is 0.203 e. The summed E-state index contributed by atoms with van der Waals surface area (Å²) in [5.74, 6) is 0.895. The average Bonchev–Trinajstić information content (AvgIpc) is 2.79. The van der Waals surface area contributed by atoms with Crippen LogP contribution in [0.4, 0.5) is 0 Å². The number of ether oxygens (including phenoxy) is 2. The lowest BCUT2D eigenvalue weighted by Crippen LogP contribution is -2.10. The molecule has 0 atom stereocenters. The normalized spacial score (nSPS) is 13.7. The second kappa shape index (κ2) is 8.74. The minimum atomic E-state index is 0.0569. The number of nitrogens with one attached hydrogen (secondary N) is 1. The van der Waals surface area contributed by atoms with Gasteiger partial charge in [-0.2, -0.15) is 0 Å². The highest BCUT2D eigenvalue weighted by atomic mass is 16.5.